The first kappa shape index (κ1) is 47.5. The monoisotopic (exact) mass is 1040 g/mol. The molecule has 0 amide bonds. The van der Waals surface area contributed by atoms with Gasteiger partial charge in [-0.25, -0.2) is 0 Å². The van der Waals surface area contributed by atoms with Crippen LogP contribution in [0.4, 0.5) is 34.1 Å². The number of hydrogen-bond acceptors (Lipinski definition) is 4. The number of aryl methyl sites for hydroxylation is 5. The molecular formula is C75H58BN3O2. The van der Waals surface area contributed by atoms with E-state index < -0.39 is 0 Å². The SMILES string of the molecule is Cc1cc2c3c(c1)N(c1c(C)cc(-c4cccc5c4oc4ccccc45)cc1C)c1cc4c(cc1B3c1cc(C(C)(C)C)ccc1N2c1c(C)cc(-c2cccc3c2oc2ccccc23)cc1C)c1ccccc1n4-c1ccccc1. The molecular weight excluding hydrogens is 986 g/mol. The van der Waals surface area contributed by atoms with Crippen LogP contribution in [-0.2, 0) is 5.41 Å². The van der Waals surface area contributed by atoms with Crippen LogP contribution in [-0.4, -0.2) is 11.3 Å². The van der Waals surface area contributed by atoms with Gasteiger partial charge in [0.2, 0.25) is 0 Å². The number of benzene rings is 11. The molecule has 388 valence electrons. The van der Waals surface area contributed by atoms with Crippen LogP contribution >= 0.6 is 0 Å². The normalized spacial score (nSPS) is 13.1. The summed E-state index contributed by atoms with van der Waals surface area (Å²) in [7, 11) is 0. The largest absolute Gasteiger partial charge is 0.455 e. The average Bonchev–Trinajstić information content (AvgIpc) is 3.35. The highest BCUT2D eigenvalue weighted by Gasteiger charge is 2.45. The van der Waals surface area contributed by atoms with Gasteiger partial charge in [-0.3, -0.25) is 0 Å². The van der Waals surface area contributed by atoms with E-state index in [4.69, 9.17) is 8.83 Å². The van der Waals surface area contributed by atoms with Crippen molar-refractivity contribution >= 4 is 123 Å². The maximum Gasteiger partial charge on any atom is 0.252 e. The molecule has 16 rings (SSSR count). The second-order valence-corrected chi connectivity index (χ2v) is 23.9. The van der Waals surface area contributed by atoms with E-state index in [0.717, 1.165) is 71.8 Å². The van der Waals surface area contributed by atoms with E-state index in [-0.39, 0.29) is 12.1 Å². The van der Waals surface area contributed by atoms with Crippen molar-refractivity contribution in [2.24, 2.45) is 0 Å². The van der Waals surface area contributed by atoms with E-state index in [0.29, 0.717) is 0 Å². The first-order valence-electron chi connectivity index (χ1n) is 28.4. The fourth-order valence-electron chi connectivity index (χ4n) is 14.3. The minimum absolute atomic E-state index is 0.0882. The number of para-hydroxylation sites is 6. The van der Waals surface area contributed by atoms with Crippen LogP contribution in [0.1, 0.15) is 54.2 Å². The Bertz CT molecular complexity index is 4960. The van der Waals surface area contributed by atoms with Gasteiger partial charge in [-0.05, 0) is 180 Å². The molecule has 2 aliphatic heterocycles. The number of nitrogens with zero attached hydrogens (tertiary/aromatic N) is 3. The third-order valence-electron chi connectivity index (χ3n) is 17.7. The smallest absolute Gasteiger partial charge is 0.252 e. The van der Waals surface area contributed by atoms with Crippen molar-refractivity contribution in [2.75, 3.05) is 9.80 Å². The van der Waals surface area contributed by atoms with Gasteiger partial charge in [0.05, 0.1) is 22.4 Å². The minimum atomic E-state index is -0.0966. The molecule has 0 saturated carbocycles. The lowest BCUT2D eigenvalue weighted by molar-refractivity contribution is 0.591. The Labute approximate surface area is 472 Å². The number of aromatic nitrogens is 1. The third kappa shape index (κ3) is 6.93. The van der Waals surface area contributed by atoms with Crippen LogP contribution < -0.4 is 26.2 Å². The molecule has 2 aliphatic rings. The summed E-state index contributed by atoms with van der Waals surface area (Å²) in [4.78, 5) is 5.24. The minimum Gasteiger partial charge on any atom is -0.455 e. The standard InChI is InChI=1S/C75H58BN3O2/c1-43-34-66-70-67(35-43)79(72-46(4)38-49(39-47(72)5)53-26-19-28-58-56-24-14-17-31-69(56)81-74(53)58)65-42-64-59(54-22-12-15-29-62(54)77(64)51-20-10-9-11-21-51)41-61(65)76(70)60-40-50(75(6,7)8)32-33-63(60)78(66)71-44(2)36-48(37-45(71)3)52-25-18-27-57-55-23-13-16-30-68(55)80-73(52)57/h9-42H,1-8H3. The van der Waals surface area contributed by atoms with Gasteiger partial charge in [0.1, 0.15) is 22.3 Å². The maximum absolute atomic E-state index is 6.68. The maximum atomic E-state index is 6.68. The second kappa shape index (κ2) is 17.2. The predicted molar refractivity (Wildman–Crippen MR) is 343 cm³/mol. The molecule has 5 heterocycles. The molecule has 0 radical (unpaired) electrons. The molecule has 6 heteroatoms. The lowest BCUT2D eigenvalue weighted by Crippen LogP contribution is -2.61. The summed E-state index contributed by atoms with van der Waals surface area (Å²) in [5.41, 5.74) is 29.9. The average molecular weight is 1040 g/mol. The Kier molecular flexibility index (Phi) is 10.1. The van der Waals surface area contributed by atoms with Crippen molar-refractivity contribution in [3.8, 4) is 27.9 Å². The van der Waals surface area contributed by atoms with E-state index in [2.05, 4.69) is 276 Å². The molecule has 0 fully saturated rings. The van der Waals surface area contributed by atoms with Gasteiger partial charge < -0.3 is 23.2 Å². The number of hydrogen-bond donors (Lipinski definition) is 0. The summed E-state index contributed by atoms with van der Waals surface area (Å²) >= 11 is 0. The van der Waals surface area contributed by atoms with E-state index in [1.807, 2.05) is 0 Å². The van der Waals surface area contributed by atoms with Crippen LogP contribution in [0.15, 0.2) is 215 Å². The summed E-state index contributed by atoms with van der Waals surface area (Å²) in [5.74, 6) is 0. The van der Waals surface area contributed by atoms with Crippen molar-refractivity contribution in [3.63, 3.8) is 0 Å². The molecule has 0 unspecified atom stereocenters. The second-order valence-electron chi connectivity index (χ2n) is 23.9. The predicted octanol–water partition coefficient (Wildman–Crippen LogP) is 18.8. The number of anilines is 6. The molecule has 0 saturated heterocycles. The van der Waals surface area contributed by atoms with Gasteiger partial charge >= 0.3 is 0 Å². The zero-order valence-corrected chi connectivity index (χ0v) is 46.9. The molecule has 0 N–H and O–H groups in total. The summed E-state index contributed by atoms with van der Waals surface area (Å²) < 4.78 is 15.8. The molecule has 0 spiro atoms. The van der Waals surface area contributed by atoms with Crippen LogP contribution in [0.3, 0.4) is 0 Å². The molecule has 14 aromatic rings. The fourth-order valence-corrected chi connectivity index (χ4v) is 14.3. The quantitative estimate of drug-likeness (QED) is 0.161. The number of fused-ring (bicyclic) bond motifs is 13. The lowest BCUT2D eigenvalue weighted by Gasteiger charge is -2.46. The summed E-state index contributed by atoms with van der Waals surface area (Å²) in [6.07, 6.45) is 0. The first-order valence-corrected chi connectivity index (χ1v) is 28.4. The van der Waals surface area contributed by atoms with Crippen molar-refractivity contribution in [3.05, 3.63) is 240 Å². The fraction of sp³-hybridized carbons (Fsp3) is 0.120. The molecule has 0 atom stereocenters. The van der Waals surface area contributed by atoms with E-state index in [1.54, 1.807) is 0 Å². The summed E-state index contributed by atoms with van der Waals surface area (Å²) in [6.45, 7) is 18.4. The topological polar surface area (TPSA) is 37.7 Å². The highest BCUT2D eigenvalue weighted by atomic mass is 16.3. The molecule has 5 nitrogen and oxygen atoms in total. The van der Waals surface area contributed by atoms with Gasteiger partial charge in [0, 0.05) is 71.9 Å². The van der Waals surface area contributed by atoms with Crippen molar-refractivity contribution in [2.45, 2.75) is 60.8 Å². The van der Waals surface area contributed by atoms with Gasteiger partial charge in [0.25, 0.3) is 6.71 Å². The Morgan fingerprint density at radius 1 is 0.383 bits per heavy atom. The zero-order valence-electron chi connectivity index (χ0n) is 46.9. The van der Waals surface area contributed by atoms with E-state index >= 15 is 0 Å². The first-order chi connectivity index (χ1) is 39.4. The Balaban J connectivity index is 0.975. The summed E-state index contributed by atoms with van der Waals surface area (Å²) in [6, 6.07) is 76.5. The van der Waals surface area contributed by atoms with Gasteiger partial charge in [-0.2, -0.15) is 0 Å². The Morgan fingerprint density at radius 2 is 0.877 bits per heavy atom. The summed E-state index contributed by atoms with van der Waals surface area (Å²) in [5, 5.41) is 7.02. The van der Waals surface area contributed by atoms with Crippen LogP contribution in [0.25, 0.3) is 93.6 Å². The Hall–Kier alpha value is -9.52. The van der Waals surface area contributed by atoms with Gasteiger partial charge in [0.15, 0.2) is 0 Å². The van der Waals surface area contributed by atoms with Crippen molar-refractivity contribution in [1.82, 2.24) is 4.57 Å². The molecule has 11 aromatic carbocycles. The molecule has 0 bridgehead atoms. The highest BCUT2D eigenvalue weighted by molar-refractivity contribution is 7.00. The molecule has 81 heavy (non-hydrogen) atoms. The Morgan fingerprint density at radius 3 is 1.44 bits per heavy atom. The van der Waals surface area contributed by atoms with Crippen molar-refractivity contribution in [1.29, 1.82) is 0 Å². The third-order valence-corrected chi connectivity index (χ3v) is 17.7. The van der Waals surface area contributed by atoms with Gasteiger partial charge in [-0.15, -0.1) is 0 Å². The van der Waals surface area contributed by atoms with E-state index in [1.165, 1.54) is 106 Å². The van der Waals surface area contributed by atoms with Crippen LogP contribution in [0.5, 0.6) is 0 Å². The number of rotatable bonds is 5. The molecule has 3 aromatic heterocycles. The van der Waals surface area contributed by atoms with Crippen molar-refractivity contribution < 1.29 is 8.83 Å². The highest BCUT2D eigenvalue weighted by Crippen LogP contribution is 2.51. The van der Waals surface area contributed by atoms with Crippen LogP contribution in [0.2, 0.25) is 0 Å². The molecule has 0 aliphatic carbocycles. The van der Waals surface area contributed by atoms with Crippen LogP contribution in [0, 0.1) is 34.6 Å². The van der Waals surface area contributed by atoms with E-state index in [9.17, 15) is 0 Å². The number of furan rings is 2. The zero-order chi connectivity index (χ0) is 54.7. The lowest BCUT2D eigenvalue weighted by atomic mass is 9.33. The van der Waals surface area contributed by atoms with Gasteiger partial charge in [-0.1, -0.05) is 148 Å².